The van der Waals surface area contributed by atoms with Gasteiger partial charge < -0.3 is 0 Å². The third-order valence-electron chi connectivity index (χ3n) is 4.00. The zero-order valence-electron chi connectivity index (χ0n) is 12.2. The van der Waals surface area contributed by atoms with Crippen LogP contribution in [0, 0.1) is 11.3 Å². The molecule has 1 aliphatic heterocycles. The van der Waals surface area contributed by atoms with Crippen molar-refractivity contribution >= 4 is 0 Å². The molecule has 0 spiro atoms. The van der Waals surface area contributed by atoms with Gasteiger partial charge in [-0.3, -0.25) is 4.68 Å². The summed E-state index contributed by atoms with van der Waals surface area (Å²) in [4.78, 5) is 0. The molecule has 2 heterocycles. The topological polar surface area (TPSA) is 17.8 Å². The van der Waals surface area contributed by atoms with Gasteiger partial charge in [0.2, 0.25) is 0 Å². The number of hydrogen-bond donors (Lipinski definition) is 0. The molecule has 0 aliphatic carbocycles. The first-order valence-electron chi connectivity index (χ1n) is 6.75. The van der Waals surface area contributed by atoms with Crippen LogP contribution in [0.15, 0.2) is 6.07 Å². The standard InChI is InChI=1S/C15H26N2/c1-14(2,3)11-7-8-12-9-13(15(4,5)6)16-17(12)10-11/h9,11H,7-8,10H2,1-6H3. The van der Waals surface area contributed by atoms with Gasteiger partial charge in [0.1, 0.15) is 0 Å². The van der Waals surface area contributed by atoms with Gasteiger partial charge in [0.15, 0.2) is 0 Å². The summed E-state index contributed by atoms with van der Waals surface area (Å²) in [5.74, 6) is 0.753. The molecule has 0 saturated carbocycles. The Kier molecular flexibility index (Phi) is 2.87. The Morgan fingerprint density at radius 3 is 2.35 bits per heavy atom. The molecule has 0 fully saturated rings. The second-order valence-electron chi connectivity index (χ2n) is 7.55. The number of aromatic nitrogens is 2. The zero-order chi connectivity index (χ0) is 12.8. The monoisotopic (exact) mass is 234 g/mol. The van der Waals surface area contributed by atoms with Gasteiger partial charge in [-0.05, 0) is 30.2 Å². The highest BCUT2D eigenvalue weighted by atomic mass is 15.3. The van der Waals surface area contributed by atoms with Gasteiger partial charge in [-0.1, -0.05) is 41.5 Å². The van der Waals surface area contributed by atoms with Gasteiger partial charge >= 0.3 is 0 Å². The maximum atomic E-state index is 4.80. The molecule has 1 atom stereocenters. The van der Waals surface area contributed by atoms with Crippen molar-refractivity contribution in [1.82, 2.24) is 9.78 Å². The van der Waals surface area contributed by atoms with Gasteiger partial charge in [-0.2, -0.15) is 5.10 Å². The van der Waals surface area contributed by atoms with Crippen molar-refractivity contribution in [3.05, 3.63) is 17.5 Å². The van der Waals surface area contributed by atoms with Gasteiger partial charge in [0.25, 0.3) is 0 Å². The highest BCUT2D eigenvalue weighted by molar-refractivity contribution is 5.19. The Balaban J connectivity index is 2.25. The average Bonchev–Trinajstić information content (AvgIpc) is 2.57. The van der Waals surface area contributed by atoms with Crippen molar-refractivity contribution in [3.63, 3.8) is 0 Å². The Morgan fingerprint density at radius 1 is 1.18 bits per heavy atom. The minimum Gasteiger partial charge on any atom is -0.269 e. The fraction of sp³-hybridized carbons (Fsp3) is 0.800. The van der Waals surface area contributed by atoms with Gasteiger partial charge in [0.05, 0.1) is 5.69 Å². The van der Waals surface area contributed by atoms with Crippen molar-refractivity contribution in [2.45, 2.75) is 66.3 Å². The molecule has 0 saturated heterocycles. The van der Waals surface area contributed by atoms with Crippen LogP contribution in [0.5, 0.6) is 0 Å². The lowest BCUT2D eigenvalue weighted by atomic mass is 9.76. The number of hydrogen-bond acceptors (Lipinski definition) is 1. The zero-order valence-corrected chi connectivity index (χ0v) is 12.2. The molecule has 2 nitrogen and oxygen atoms in total. The largest absolute Gasteiger partial charge is 0.269 e. The van der Waals surface area contributed by atoms with Crippen LogP contribution in [-0.2, 0) is 18.4 Å². The fourth-order valence-electron chi connectivity index (χ4n) is 2.51. The number of aryl methyl sites for hydroxylation is 1. The number of fused-ring (bicyclic) bond motifs is 1. The van der Waals surface area contributed by atoms with E-state index in [-0.39, 0.29) is 5.41 Å². The molecule has 96 valence electrons. The van der Waals surface area contributed by atoms with E-state index in [1.54, 1.807) is 0 Å². The van der Waals surface area contributed by atoms with Crippen molar-refractivity contribution in [1.29, 1.82) is 0 Å². The Morgan fingerprint density at radius 2 is 1.82 bits per heavy atom. The van der Waals surface area contributed by atoms with Crippen LogP contribution < -0.4 is 0 Å². The first-order valence-corrected chi connectivity index (χ1v) is 6.75. The molecule has 1 aliphatic rings. The lowest BCUT2D eigenvalue weighted by Crippen LogP contribution is -2.30. The third-order valence-corrected chi connectivity index (χ3v) is 4.00. The van der Waals surface area contributed by atoms with Crippen molar-refractivity contribution in [2.75, 3.05) is 0 Å². The SMILES string of the molecule is CC(C)(C)c1cc2n(n1)CC(C(C)(C)C)CC2. The average molecular weight is 234 g/mol. The molecule has 1 aromatic heterocycles. The van der Waals surface area contributed by atoms with E-state index in [1.165, 1.54) is 24.2 Å². The van der Waals surface area contributed by atoms with E-state index in [9.17, 15) is 0 Å². The summed E-state index contributed by atoms with van der Waals surface area (Å²) in [6, 6.07) is 2.30. The Labute approximate surface area is 105 Å². The van der Waals surface area contributed by atoms with E-state index in [1.807, 2.05) is 0 Å². The van der Waals surface area contributed by atoms with E-state index in [4.69, 9.17) is 5.10 Å². The molecule has 0 amide bonds. The second-order valence-corrected chi connectivity index (χ2v) is 7.55. The molecule has 0 bridgehead atoms. The van der Waals surface area contributed by atoms with Gasteiger partial charge in [-0.25, -0.2) is 0 Å². The first-order chi connectivity index (χ1) is 7.68. The third kappa shape index (κ3) is 2.56. The summed E-state index contributed by atoms with van der Waals surface area (Å²) in [6.45, 7) is 14.8. The van der Waals surface area contributed by atoms with Crippen LogP contribution in [0.3, 0.4) is 0 Å². The fourth-order valence-corrected chi connectivity index (χ4v) is 2.51. The Bertz CT molecular complexity index is 402. The van der Waals surface area contributed by atoms with E-state index in [0.717, 1.165) is 12.5 Å². The predicted octanol–water partition coefficient (Wildman–Crippen LogP) is 3.79. The smallest absolute Gasteiger partial charge is 0.0680 e. The second kappa shape index (κ2) is 3.86. The van der Waals surface area contributed by atoms with Crippen molar-refractivity contribution in [2.24, 2.45) is 11.3 Å². The highest BCUT2D eigenvalue weighted by Gasteiger charge is 2.30. The van der Waals surface area contributed by atoms with Crippen LogP contribution >= 0.6 is 0 Å². The van der Waals surface area contributed by atoms with E-state index >= 15 is 0 Å². The van der Waals surface area contributed by atoms with Crippen LogP contribution in [0.2, 0.25) is 0 Å². The van der Waals surface area contributed by atoms with Gasteiger partial charge in [0, 0.05) is 17.7 Å². The summed E-state index contributed by atoms with van der Waals surface area (Å²) in [5, 5.41) is 4.80. The van der Waals surface area contributed by atoms with E-state index < -0.39 is 0 Å². The molecule has 1 aromatic rings. The molecule has 2 heteroatoms. The summed E-state index contributed by atoms with van der Waals surface area (Å²) in [6.07, 6.45) is 2.49. The van der Waals surface area contributed by atoms with Crippen LogP contribution in [-0.4, -0.2) is 9.78 Å². The summed E-state index contributed by atoms with van der Waals surface area (Å²) in [5.41, 5.74) is 3.23. The molecule has 1 unspecified atom stereocenters. The van der Waals surface area contributed by atoms with Crippen LogP contribution in [0.4, 0.5) is 0 Å². The summed E-state index contributed by atoms with van der Waals surface area (Å²) in [7, 11) is 0. The van der Waals surface area contributed by atoms with Crippen LogP contribution in [0.1, 0.15) is 59.4 Å². The molecular formula is C15H26N2. The van der Waals surface area contributed by atoms with Crippen molar-refractivity contribution in [3.8, 4) is 0 Å². The minimum absolute atomic E-state index is 0.168. The maximum Gasteiger partial charge on any atom is 0.0680 e. The summed E-state index contributed by atoms with van der Waals surface area (Å²) >= 11 is 0. The van der Waals surface area contributed by atoms with E-state index in [2.05, 4.69) is 52.3 Å². The highest BCUT2D eigenvalue weighted by Crippen LogP contribution is 2.35. The summed E-state index contributed by atoms with van der Waals surface area (Å²) < 4.78 is 2.25. The first kappa shape index (κ1) is 12.7. The normalized spacial score (nSPS) is 21.4. The maximum absolute atomic E-state index is 4.80. The lowest BCUT2D eigenvalue weighted by Gasteiger charge is -2.34. The molecule has 17 heavy (non-hydrogen) atoms. The molecule has 2 rings (SSSR count). The lowest BCUT2D eigenvalue weighted by molar-refractivity contribution is 0.173. The van der Waals surface area contributed by atoms with Gasteiger partial charge in [-0.15, -0.1) is 0 Å². The van der Waals surface area contributed by atoms with Crippen LogP contribution in [0.25, 0.3) is 0 Å². The number of rotatable bonds is 0. The molecule has 0 N–H and O–H groups in total. The minimum atomic E-state index is 0.168. The molecule has 0 aromatic carbocycles. The Hall–Kier alpha value is -0.790. The quantitative estimate of drug-likeness (QED) is 0.668. The molecule has 0 radical (unpaired) electrons. The predicted molar refractivity (Wildman–Crippen MR) is 72.2 cm³/mol. The van der Waals surface area contributed by atoms with Crippen molar-refractivity contribution < 1.29 is 0 Å². The van der Waals surface area contributed by atoms with E-state index in [0.29, 0.717) is 5.41 Å². The number of nitrogens with zero attached hydrogens (tertiary/aromatic N) is 2. The molecular weight excluding hydrogens is 208 g/mol.